The van der Waals surface area contributed by atoms with Gasteiger partial charge in [-0.15, -0.1) is 0 Å². The smallest absolute Gasteiger partial charge is 0.351 e. The summed E-state index contributed by atoms with van der Waals surface area (Å²) >= 11 is 1.69. The predicted octanol–water partition coefficient (Wildman–Crippen LogP) is 2.03. The van der Waals surface area contributed by atoms with Crippen LogP contribution in [-0.4, -0.2) is 30.0 Å². The average molecular weight is 304 g/mol. The van der Waals surface area contributed by atoms with Crippen LogP contribution in [0.4, 0.5) is 13.2 Å². The van der Waals surface area contributed by atoms with Crippen molar-refractivity contribution in [3.63, 3.8) is 0 Å². The molecule has 1 heterocycles. The van der Waals surface area contributed by atoms with Gasteiger partial charge in [-0.05, 0) is 17.7 Å². The Kier molecular flexibility index (Phi) is 4.93. The van der Waals surface area contributed by atoms with Crippen LogP contribution in [0.25, 0.3) is 0 Å². The molecule has 0 aromatic heterocycles. The van der Waals surface area contributed by atoms with Gasteiger partial charge < -0.3 is 10.6 Å². The number of rotatable bonds is 3. The van der Waals surface area contributed by atoms with E-state index in [4.69, 9.17) is 0 Å². The molecule has 1 aromatic carbocycles. The lowest BCUT2D eigenvalue weighted by molar-refractivity contribution is -0.137. The number of carbonyl (C=O) groups excluding carboxylic acids is 1. The summed E-state index contributed by atoms with van der Waals surface area (Å²) in [6.07, 6.45) is -4.36. The Morgan fingerprint density at radius 1 is 1.45 bits per heavy atom. The fourth-order valence-electron chi connectivity index (χ4n) is 1.90. The minimum absolute atomic E-state index is 0.103. The Morgan fingerprint density at radius 3 is 2.90 bits per heavy atom. The fourth-order valence-corrected chi connectivity index (χ4v) is 2.84. The van der Waals surface area contributed by atoms with Crippen LogP contribution in [0.3, 0.4) is 0 Å². The lowest BCUT2D eigenvalue weighted by Crippen LogP contribution is -2.48. The highest BCUT2D eigenvalue weighted by Crippen LogP contribution is 2.29. The summed E-state index contributed by atoms with van der Waals surface area (Å²) in [6.45, 7) is 0.873. The van der Waals surface area contributed by atoms with Crippen molar-refractivity contribution in [2.45, 2.75) is 18.8 Å². The highest BCUT2D eigenvalue weighted by atomic mass is 32.2. The molecule has 2 rings (SSSR count). The largest absolute Gasteiger partial charge is 0.416 e. The van der Waals surface area contributed by atoms with Gasteiger partial charge in [0.2, 0.25) is 5.91 Å². The molecule has 110 valence electrons. The maximum atomic E-state index is 12.6. The molecule has 0 bridgehead atoms. The molecule has 7 heteroatoms. The van der Waals surface area contributed by atoms with Crippen molar-refractivity contribution in [1.82, 2.24) is 10.6 Å². The Labute approximate surface area is 119 Å². The van der Waals surface area contributed by atoms with Gasteiger partial charge in [0.25, 0.3) is 0 Å². The number of halogens is 3. The summed E-state index contributed by atoms with van der Waals surface area (Å²) in [6, 6.07) is 4.73. The van der Waals surface area contributed by atoms with E-state index in [0.29, 0.717) is 11.3 Å². The standard InChI is InChI=1S/C13H15F3N2OS/c14-13(15,16)10-3-1-2-9(6-10)7-18-12(19)11-8-20-5-4-17-11/h1-3,6,11,17H,4-5,7-8H2,(H,18,19). The van der Waals surface area contributed by atoms with Gasteiger partial charge in [0.05, 0.1) is 11.6 Å². The van der Waals surface area contributed by atoms with Crippen LogP contribution < -0.4 is 10.6 Å². The summed E-state index contributed by atoms with van der Waals surface area (Å²) in [5.41, 5.74) is -0.257. The van der Waals surface area contributed by atoms with Crippen molar-refractivity contribution in [2.75, 3.05) is 18.1 Å². The van der Waals surface area contributed by atoms with Crippen LogP contribution in [0.15, 0.2) is 24.3 Å². The topological polar surface area (TPSA) is 41.1 Å². The molecule has 1 amide bonds. The molecule has 0 spiro atoms. The second-order valence-electron chi connectivity index (χ2n) is 4.50. The van der Waals surface area contributed by atoms with E-state index in [9.17, 15) is 18.0 Å². The van der Waals surface area contributed by atoms with Crippen LogP contribution >= 0.6 is 11.8 Å². The molecule has 1 unspecified atom stereocenters. The molecular weight excluding hydrogens is 289 g/mol. The highest BCUT2D eigenvalue weighted by molar-refractivity contribution is 7.99. The molecule has 1 atom stereocenters. The molecule has 3 nitrogen and oxygen atoms in total. The quantitative estimate of drug-likeness (QED) is 0.898. The van der Waals surface area contributed by atoms with E-state index in [1.807, 2.05) is 0 Å². The maximum absolute atomic E-state index is 12.6. The van der Waals surface area contributed by atoms with Gasteiger partial charge in [-0.2, -0.15) is 24.9 Å². The van der Waals surface area contributed by atoms with Crippen molar-refractivity contribution < 1.29 is 18.0 Å². The monoisotopic (exact) mass is 304 g/mol. The number of nitrogens with one attached hydrogen (secondary N) is 2. The van der Waals surface area contributed by atoms with Crippen molar-refractivity contribution in [1.29, 1.82) is 0 Å². The number of amides is 1. The molecule has 1 aliphatic rings. The first-order valence-electron chi connectivity index (χ1n) is 6.22. The van der Waals surface area contributed by atoms with E-state index in [2.05, 4.69) is 10.6 Å². The van der Waals surface area contributed by atoms with E-state index in [-0.39, 0.29) is 18.5 Å². The first-order chi connectivity index (χ1) is 9.47. The molecule has 0 radical (unpaired) electrons. The fraction of sp³-hybridized carbons (Fsp3) is 0.462. The van der Waals surface area contributed by atoms with Gasteiger partial charge in [0, 0.05) is 24.6 Å². The van der Waals surface area contributed by atoms with E-state index >= 15 is 0 Å². The number of carbonyl (C=O) groups is 1. The Morgan fingerprint density at radius 2 is 2.25 bits per heavy atom. The van der Waals surface area contributed by atoms with Crippen LogP contribution in [0, 0.1) is 0 Å². The van der Waals surface area contributed by atoms with E-state index in [1.165, 1.54) is 6.07 Å². The molecule has 20 heavy (non-hydrogen) atoms. The van der Waals surface area contributed by atoms with E-state index in [0.717, 1.165) is 24.4 Å². The molecule has 1 aromatic rings. The van der Waals surface area contributed by atoms with Crippen molar-refractivity contribution in [2.24, 2.45) is 0 Å². The SMILES string of the molecule is O=C(NCc1cccc(C(F)(F)F)c1)C1CSCCN1. The molecule has 0 aliphatic carbocycles. The summed E-state index contributed by atoms with van der Waals surface area (Å²) in [5.74, 6) is 1.49. The zero-order valence-corrected chi connectivity index (χ0v) is 11.5. The van der Waals surface area contributed by atoms with Crippen molar-refractivity contribution >= 4 is 17.7 Å². The summed E-state index contributed by atoms with van der Waals surface area (Å²) in [4.78, 5) is 11.8. The van der Waals surface area contributed by atoms with Gasteiger partial charge in [0.15, 0.2) is 0 Å². The van der Waals surface area contributed by atoms with Gasteiger partial charge >= 0.3 is 6.18 Å². The summed E-state index contributed by atoms with van der Waals surface area (Å²) in [7, 11) is 0. The minimum atomic E-state index is -4.36. The molecule has 1 aliphatic heterocycles. The first kappa shape index (κ1) is 15.2. The first-order valence-corrected chi connectivity index (χ1v) is 7.37. The number of benzene rings is 1. The molecule has 0 saturated carbocycles. The highest BCUT2D eigenvalue weighted by Gasteiger charge is 2.30. The molecule has 2 N–H and O–H groups in total. The average Bonchev–Trinajstić information content (AvgIpc) is 2.45. The normalized spacial score (nSPS) is 19.6. The number of hydrogen-bond acceptors (Lipinski definition) is 3. The third-order valence-electron chi connectivity index (χ3n) is 2.96. The zero-order chi connectivity index (χ0) is 14.6. The number of hydrogen-bond donors (Lipinski definition) is 2. The zero-order valence-electron chi connectivity index (χ0n) is 10.7. The second-order valence-corrected chi connectivity index (χ2v) is 5.65. The van der Waals surface area contributed by atoms with Crippen molar-refractivity contribution in [3.8, 4) is 0 Å². The predicted molar refractivity (Wildman–Crippen MR) is 72.4 cm³/mol. The Balaban J connectivity index is 1.92. The lowest BCUT2D eigenvalue weighted by atomic mass is 10.1. The third kappa shape index (κ3) is 4.14. The minimum Gasteiger partial charge on any atom is -0.351 e. The molecule has 1 saturated heterocycles. The Bertz CT molecular complexity index is 473. The van der Waals surface area contributed by atoms with Gasteiger partial charge in [0.1, 0.15) is 0 Å². The van der Waals surface area contributed by atoms with Gasteiger partial charge in [-0.3, -0.25) is 4.79 Å². The van der Waals surface area contributed by atoms with Crippen LogP contribution in [0.1, 0.15) is 11.1 Å². The molecular formula is C13H15F3N2OS. The Hall–Kier alpha value is -1.21. The van der Waals surface area contributed by atoms with Crippen LogP contribution in [0.2, 0.25) is 0 Å². The summed E-state index contributed by atoms with van der Waals surface area (Å²) in [5, 5.41) is 5.74. The maximum Gasteiger partial charge on any atom is 0.416 e. The summed E-state index contributed by atoms with van der Waals surface area (Å²) < 4.78 is 37.7. The van der Waals surface area contributed by atoms with E-state index in [1.54, 1.807) is 17.8 Å². The van der Waals surface area contributed by atoms with E-state index < -0.39 is 11.7 Å². The number of thioether (sulfide) groups is 1. The second kappa shape index (κ2) is 6.49. The van der Waals surface area contributed by atoms with Crippen LogP contribution in [-0.2, 0) is 17.5 Å². The third-order valence-corrected chi connectivity index (χ3v) is 4.02. The number of alkyl halides is 3. The van der Waals surface area contributed by atoms with Gasteiger partial charge in [-0.1, -0.05) is 12.1 Å². The lowest BCUT2D eigenvalue weighted by Gasteiger charge is -2.22. The van der Waals surface area contributed by atoms with Gasteiger partial charge in [-0.25, -0.2) is 0 Å². The van der Waals surface area contributed by atoms with Crippen molar-refractivity contribution in [3.05, 3.63) is 35.4 Å². The molecule has 1 fully saturated rings. The van der Waals surface area contributed by atoms with Crippen LogP contribution in [0.5, 0.6) is 0 Å².